The van der Waals surface area contributed by atoms with Crippen LogP contribution in [0.5, 0.6) is 5.75 Å². The average Bonchev–Trinajstić information content (AvgIpc) is 3.19. The second kappa shape index (κ2) is 6.80. The van der Waals surface area contributed by atoms with Crippen molar-refractivity contribution in [3.8, 4) is 5.75 Å². The van der Waals surface area contributed by atoms with Crippen molar-refractivity contribution in [1.82, 2.24) is 4.90 Å². The number of benzene rings is 1. The first-order chi connectivity index (χ1) is 10.3. The van der Waals surface area contributed by atoms with E-state index in [9.17, 15) is 0 Å². The quantitative estimate of drug-likeness (QED) is 0.903. The van der Waals surface area contributed by atoms with Crippen molar-refractivity contribution in [1.29, 1.82) is 0 Å². The summed E-state index contributed by atoms with van der Waals surface area (Å²) in [6.07, 6.45) is 8.36. The first-order valence-electron chi connectivity index (χ1n) is 8.43. The minimum absolute atomic E-state index is 0.365. The van der Waals surface area contributed by atoms with E-state index in [0.717, 1.165) is 17.7 Å². The zero-order chi connectivity index (χ0) is 14.7. The Morgan fingerprint density at radius 2 is 1.86 bits per heavy atom. The number of rotatable bonds is 5. The zero-order valence-electron chi connectivity index (χ0n) is 13.1. The van der Waals surface area contributed by atoms with Crippen LogP contribution in [0.2, 0.25) is 0 Å². The molecule has 1 saturated heterocycles. The number of likely N-dealkylation sites (tertiary alicyclic amines) is 1. The van der Waals surface area contributed by atoms with E-state index in [1.165, 1.54) is 50.6 Å². The number of nitrogens with two attached hydrogens (primary N) is 1. The fourth-order valence-corrected chi connectivity index (χ4v) is 4.34. The van der Waals surface area contributed by atoms with Gasteiger partial charge in [-0.3, -0.25) is 4.90 Å². The van der Waals surface area contributed by atoms with Crippen LogP contribution in [-0.2, 0) is 0 Å². The minimum atomic E-state index is 0.365. The third kappa shape index (κ3) is 3.09. The van der Waals surface area contributed by atoms with Gasteiger partial charge in [0.2, 0.25) is 0 Å². The highest BCUT2D eigenvalue weighted by molar-refractivity contribution is 5.29. The second-order valence-corrected chi connectivity index (χ2v) is 6.52. The summed E-state index contributed by atoms with van der Waals surface area (Å²) < 4.78 is 5.27. The molecule has 1 aliphatic heterocycles. The maximum absolute atomic E-state index is 6.14. The normalized spacial score (nSPS) is 25.3. The molecule has 0 spiro atoms. The Balaban J connectivity index is 1.77. The summed E-state index contributed by atoms with van der Waals surface area (Å²) >= 11 is 0. The van der Waals surface area contributed by atoms with Gasteiger partial charge in [0, 0.05) is 18.6 Å². The fourth-order valence-electron chi connectivity index (χ4n) is 4.34. The summed E-state index contributed by atoms with van der Waals surface area (Å²) in [5, 5.41) is 0. The molecule has 2 unspecified atom stereocenters. The molecule has 0 bridgehead atoms. The smallest absolute Gasteiger partial charge is 0.118 e. The Bertz CT molecular complexity index is 439. The molecule has 1 saturated carbocycles. The van der Waals surface area contributed by atoms with Crippen LogP contribution in [0.15, 0.2) is 24.3 Å². The van der Waals surface area contributed by atoms with Crippen LogP contribution in [0.25, 0.3) is 0 Å². The van der Waals surface area contributed by atoms with E-state index in [1.54, 1.807) is 7.11 Å². The molecule has 0 radical (unpaired) electrons. The van der Waals surface area contributed by atoms with Crippen LogP contribution in [0.4, 0.5) is 0 Å². The molecule has 2 aliphatic rings. The van der Waals surface area contributed by atoms with Crippen molar-refractivity contribution in [2.75, 3.05) is 20.2 Å². The van der Waals surface area contributed by atoms with Crippen LogP contribution >= 0.6 is 0 Å². The molecule has 0 aromatic heterocycles. The van der Waals surface area contributed by atoms with E-state index in [-0.39, 0.29) is 0 Å². The van der Waals surface area contributed by atoms with Crippen LogP contribution in [0.3, 0.4) is 0 Å². The van der Waals surface area contributed by atoms with E-state index < -0.39 is 0 Å². The molecular formula is C18H28N2O. The van der Waals surface area contributed by atoms with Crippen molar-refractivity contribution in [2.24, 2.45) is 11.7 Å². The molecule has 3 rings (SSSR count). The van der Waals surface area contributed by atoms with E-state index in [2.05, 4.69) is 29.2 Å². The highest BCUT2D eigenvalue weighted by Gasteiger charge is 2.36. The third-order valence-corrected chi connectivity index (χ3v) is 5.41. The number of nitrogens with zero attached hydrogens (tertiary/aromatic N) is 1. The SMILES string of the molecule is COc1ccc(C(CN)N2CCCC2C2CCCC2)cc1. The maximum Gasteiger partial charge on any atom is 0.118 e. The predicted octanol–water partition coefficient (Wildman–Crippen LogP) is 3.35. The van der Waals surface area contributed by atoms with Gasteiger partial charge < -0.3 is 10.5 Å². The van der Waals surface area contributed by atoms with Gasteiger partial charge in [0.1, 0.15) is 5.75 Å². The molecule has 3 heteroatoms. The Morgan fingerprint density at radius 1 is 1.14 bits per heavy atom. The molecule has 1 aromatic rings. The summed E-state index contributed by atoms with van der Waals surface area (Å²) in [6, 6.07) is 9.59. The highest BCUT2D eigenvalue weighted by atomic mass is 16.5. The van der Waals surface area contributed by atoms with Crippen LogP contribution in [-0.4, -0.2) is 31.1 Å². The van der Waals surface area contributed by atoms with E-state index in [1.807, 2.05) is 0 Å². The molecule has 116 valence electrons. The Labute approximate surface area is 128 Å². The lowest BCUT2D eigenvalue weighted by Gasteiger charge is -2.36. The van der Waals surface area contributed by atoms with Gasteiger partial charge in [0.05, 0.1) is 7.11 Å². The molecular weight excluding hydrogens is 260 g/mol. The Hall–Kier alpha value is -1.06. The minimum Gasteiger partial charge on any atom is -0.497 e. The molecule has 1 aromatic carbocycles. The molecule has 2 fully saturated rings. The highest BCUT2D eigenvalue weighted by Crippen LogP contribution is 2.39. The van der Waals surface area contributed by atoms with Gasteiger partial charge in [0.25, 0.3) is 0 Å². The topological polar surface area (TPSA) is 38.5 Å². The summed E-state index contributed by atoms with van der Waals surface area (Å²) in [7, 11) is 1.71. The van der Waals surface area contributed by atoms with Crippen molar-refractivity contribution in [3.05, 3.63) is 29.8 Å². The third-order valence-electron chi connectivity index (χ3n) is 5.41. The number of hydrogen-bond donors (Lipinski definition) is 1. The van der Waals surface area contributed by atoms with Crippen molar-refractivity contribution < 1.29 is 4.74 Å². The molecule has 21 heavy (non-hydrogen) atoms. The molecule has 3 nitrogen and oxygen atoms in total. The average molecular weight is 288 g/mol. The summed E-state index contributed by atoms with van der Waals surface area (Å²) in [5.41, 5.74) is 7.48. The first kappa shape index (κ1) is 14.9. The monoisotopic (exact) mass is 288 g/mol. The molecule has 0 amide bonds. The summed E-state index contributed by atoms with van der Waals surface area (Å²) in [4.78, 5) is 2.69. The standard InChI is InChI=1S/C18H28N2O/c1-21-16-10-8-15(9-11-16)18(13-19)20-12-4-7-17(20)14-5-2-3-6-14/h8-11,14,17-18H,2-7,12-13,19H2,1H3. The van der Waals surface area contributed by atoms with Gasteiger partial charge in [0.15, 0.2) is 0 Å². The molecule has 2 atom stereocenters. The van der Waals surface area contributed by atoms with E-state index >= 15 is 0 Å². The summed E-state index contributed by atoms with van der Waals surface area (Å²) in [6.45, 7) is 1.91. The summed E-state index contributed by atoms with van der Waals surface area (Å²) in [5.74, 6) is 1.82. The van der Waals surface area contributed by atoms with Gasteiger partial charge in [-0.15, -0.1) is 0 Å². The van der Waals surface area contributed by atoms with Gasteiger partial charge >= 0.3 is 0 Å². The van der Waals surface area contributed by atoms with Gasteiger partial charge in [-0.25, -0.2) is 0 Å². The van der Waals surface area contributed by atoms with Crippen molar-refractivity contribution in [3.63, 3.8) is 0 Å². The Kier molecular flexibility index (Phi) is 4.81. The Morgan fingerprint density at radius 3 is 2.48 bits per heavy atom. The fraction of sp³-hybridized carbons (Fsp3) is 0.667. The largest absolute Gasteiger partial charge is 0.497 e. The lowest BCUT2D eigenvalue weighted by Crippen LogP contribution is -2.40. The maximum atomic E-state index is 6.14. The lowest BCUT2D eigenvalue weighted by atomic mass is 9.94. The van der Waals surface area contributed by atoms with Gasteiger partial charge in [-0.05, 0) is 55.8 Å². The number of ether oxygens (including phenoxy) is 1. The van der Waals surface area contributed by atoms with Gasteiger partial charge in [-0.1, -0.05) is 25.0 Å². The van der Waals surface area contributed by atoms with E-state index in [0.29, 0.717) is 12.6 Å². The predicted molar refractivity (Wildman–Crippen MR) is 86.5 cm³/mol. The molecule has 2 N–H and O–H groups in total. The van der Waals surface area contributed by atoms with Crippen LogP contribution in [0.1, 0.15) is 50.1 Å². The lowest BCUT2D eigenvalue weighted by molar-refractivity contribution is 0.138. The van der Waals surface area contributed by atoms with Crippen molar-refractivity contribution >= 4 is 0 Å². The van der Waals surface area contributed by atoms with Crippen LogP contribution < -0.4 is 10.5 Å². The number of hydrogen-bond acceptors (Lipinski definition) is 3. The second-order valence-electron chi connectivity index (χ2n) is 6.52. The van der Waals surface area contributed by atoms with E-state index in [4.69, 9.17) is 10.5 Å². The molecule has 1 aliphatic carbocycles. The number of methoxy groups -OCH3 is 1. The van der Waals surface area contributed by atoms with Crippen LogP contribution in [0, 0.1) is 5.92 Å². The van der Waals surface area contributed by atoms with Gasteiger partial charge in [-0.2, -0.15) is 0 Å². The first-order valence-corrected chi connectivity index (χ1v) is 8.43. The van der Waals surface area contributed by atoms with Crippen molar-refractivity contribution in [2.45, 2.75) is 50.6 Å². The zero-order valence-corrected chi connectivity index (χ0v) is 13.1. The molecule has 1 heterocycles.